The van der Waals surface area contributed by atoms with Gasteiger partial charge in [0, 0.05) is 18.8 Å². The Balaban J connectivity index is 2.23. The van der Waals surface area contributed by atoms with Crippen LogP contribution in [0, 0.1) is 30.1 Å². The van der Waals surface area contributed by atoms with Crippen molar-refractivity contribution < 1.29 is 0 Å². The van der Waals surface area contributed by atoms with Gasteiger partial charge in [-0.3, -0.25) is 0 Å². The van der Waals surface area contributed by atoms with Crippen LogP contribution in [0.3, 0.4) is 0 Å². The van der Waals surface area contributed by atoms with Crippen LogP contribution in [0.1, 0.15) is 25.0 Å². The van der Waals surface area contributed by atoms with Gasteiger partial charge in [0.1, 0.15) is 0 Å². The molecule has 0 saturated carbocycles. The highest BCUT2D eigenvalue weighted by molar-refractivity contribution is 5.54. The number of rotatable bonds is 1. The van der Waals surface area contributed by atoms with Crippen molar-refractivity contribution in [1.82, 2.24) is 0 Å². The molecular weight excluding hydrogens is 196 g/mol. The molecule has 1 heterocycles. The molecule has 0 spiro atoms. The molecular formula is C14H18N2. The van der Waals surface area contributed by atoms with E-state index >= 15 is 0 Å². The number of hydrogen-bond acceptors (Lipinski definition) is 2. The first-order valence-corrected chi connectivity index (χ1v) is 5.87. The van der Waals surface area contributed by atoms with Gasteiger partial charge >= 0.3 is 0 Å². The third-order valence-corrected chi connectivity index (χ3v) is 3.68. The molecule has 1 aliphatic rings. The molecule has 16 heavy (non-hydrogen) atoms. The Hall–Kier alpha value is -1.49. The van der Waals surface area contributed by atoms with E-state index in [9.17, 15) is 0 Å². The second-order valence-corrected chi connectivity index (χ2v) is 4.97. The van der Waals surface area contributed by atoms with Crippen molar-refractivity contribution in [2.75, 3.05) is 18.0 Å². The van der Waals surface area contributed by atoms with Gasteiger partial charge in [0.25, 0.3) is 0 Å². The summed E-state index contributed by atoms with van der Waals surface area (Å²) in [7, 11) is 0. The summed E-state index contributed by atoms with van der Waals surface area (Å²) in [6, 6.07) is 8.34. The Morgan fingerprint density at radius 2 is 1.88 bits per heavy atom. The molecule has 1 fully saturated rings. The van der Waals surface area contributed by atoms with Gasteiger partial charge in [-0.2, -0.15) is 5.26 Å². The van der Waals surface area contributed by atoms with Crippen LogP contribution in [0.5, 0.6) is 0 Å². The number of aryl methyl sites for hydroxylation is 1. The van der Waals surface area contributed by atoms with E-state index in [1.165, 1.54) is 5.69 Å². The van der Waals surface area contributed by atoms with Crippen molar-refractivity contribution >= 4 is 5.69 Å². The van der Waals surface area contributed by atoms with E-state index in [1.54, 1.807) is 0 Å². The highest BCUT2D eigenvalue weighted by atomic mass is 15.2. The summed E-state index contributed by atoms with van der Waals surface area (Å²) in [5.41, 5.74) is 3.11. The third kappa shape index (κ3) is 1.90. The standard InChI is InChI=1S/C14H18N2/c1-10-6-14(5-4-13(10)7-15)16-8-11(2)12(3)9-16/h4-6,11-12H,8-9H2,1-3H3. The first kappa shape index (κ1) is 11.0. The van der Waals surface area contributed by atoms with Gasteiger partial charge in [-0.15, -0.1) is 0 Å². The predicted octanol–water partition coefficient (Wildman–Crippen LogP) is 2.96. The highest BCUT2D eigenvalue weighted by Gasteiger charge is 2.26. The Morgan fingerprint density at radius 3 is 2.38 bits per heavy atom. The average molecular weight is 214 g/mol. The molecule has 1 aliphatic heterocycles. The van der Waals surface area contributed by atoms with Gasteiger partial charge < -0.3 is 4.90 Å². The zero-order valence-electron chi connectivity index (χ0n) is 10.2. The Morgan fingerprint density at radius 1 is 1.25 bits per heavy atom. The quantitative estimate of drug-likeness (QED) is 0.718. The predicted molar refractivity (Wildman–Crippen MR) is 66.4 cm³/mol. The molecule has 0 aliphatic carbocycles. The number of nitrogens with zero attached hydrogens (tertiary/aromatic N) is 2. The van der Waals surface area contributed by atoms with Crippen LogP contribution >= 0.6 is 0 Å². The van der Waals surface area contributed by atoms with Crippen LogP contribution in [0.2, 0.25) is 0 Å². The molecule has 0 bridgehead atoms. The largest absolute Gasteiger partial charge is 0.371 e. The normalized spacial score (nSPS) is 24.5. The zero-order chi connectivity index (χ0) is 11.7. The van der Waals surface area contributed by atoms with Crippen molar-refractivity contribution in [2.45, 2.75) is 20.8 Å². The van der Waals surface area contributed by atoms with Crippen molar-refractivity contribution in [2.24, 2.45) is 11.8 Å². The second-order valence-electron chi connectivity index (χ2n) is 4.97. The number of benzene rings is 1. The van der Waals surface area contributed by atoms with E-state index in [0.717, 1.165) is 36.1 Å². The number of hydrogen-bond donors (Lipinski definition) is 0. The molecule has 2 unspecified atom stereocenters. The molecule has 1 aromatic carbocycles. The average Bonchev–Trinajstić information content (AvgIpc) is 2.59. The molecule has 0 N–H and O–H groups in total. The molecule has 1 saturated heterocycles. The maximum atomic E-state index is 8.90. The smallest absolute Gasteiger partial charge is 0.0994 e. The lowest BCUT2D eigenvalue weighted by atomic mass is 10.0. The summed E-state index contributed by atoms with van der Waals surface area (Å²) in [4.78, 5) is 2.42. The first-order chi connectivity index (χ1) is 7.61. The van der Waals surface area contributed by atoms with Gasteiger partial charge in [-0.05, 0) is 42.5 Å². The third-order valence-electron chi connectivity index (χ3n) is 3.68. The van der Waals surface area contributed by atoms with Gasteiger partial charge in [0.05, 0.1) is 11.6 Å². The maximum Gasteiger partial charge on any atom is 0.0994 e. The summed E-state index contributed by atoms with van der Waals surface area (Å²) in [5, 5.41) is 8.90. The van der Waals surface area contributed by atoms with Crippen LogP contribution in [-0.2, 0) is 0 Å². The number of anilines is 1. The molecule has 2 nitrogen and oxygen atoms in total. The molecule has 0 aromatic heterocycles. The summed E-state index contributed by atoms with van der Waals surface area (Å²) in [6.45, 7) is 8.88. The summed E-state index contributed by atoms with van der Waals surface area (Å²) < 4.78 is 0. The van der Waals surface area contributed by atoms with Crippen LogP contribution in [0.15, 0.2) is 18.2 Å². The Bertz CT molecular complexity index is 421. The minimum Gasteiger partial charge on any atom is -0.371 e. The second kappa shape index (κ2) is 4.17. The topological polar surface area (TPSA) is 27.0 Å². The molecule has 0 radical (unpaired) electrons. The zero-order valence-corrected chi connectivity index (χ0v) is 10.2. The summed E-state index contributed by atoms with van der Waals surface area (Å²) in [5.74, 6) is 1.52. The SMILES string of the molecule is Cc1cc(N2CC(C)C(C)C2)ccc1C#N. The highest BCUT2D eigenvalue weighted by Crippen LogP contribution is 2.28. The summed E-state index contributed by atoms with van der Waals surface area (Å²) >= 11 is 0. The van der Waals surface area contributed by atoms with E-state index in [2.05, 4.69) is 36.9 Å². The van der Waals surface area contributed by atoms with Crippen molar-refractivity contribution in [3.05, 3.63) is 29.3 Å². The molecule has 1 aromatic rings. The van der Waals surface area contributed by atoms with Crippen molar-refractivity contribution in [3.63, 3.8) is 0 Å². The fraction of sp³-hybridized carbons (Fsp3) is 0.500. The van der Waals surface area contributed by atoms with E-state index in [0.29, 0.717) is 0 Å². The number of nitriles is 1. The first-order valence-electron chi connectivity index (χ1n) is 5.87. The summed E-state index contributed by atoms with van der Waals surface area (Å²) in [6.07, 6.45) is 0. The van der Waals surface area contributed by atoms with Crippen LogP contribution in [0.4, 0.5) is 5.69 Å². The van der Waals surface area contributed by atoms with E-state index in [-0.39, 0.29) is 0 Å². The maximum absolute atomic E-state index is 8.90. The van der Waals surface area contributed by atoms with Gasteiger partial charge in [0.2, 0.25) is 0 Å². The Kier molecular flexibility index (Phi) is 2.87. The van der Waals surface area contributed by atoms with Crippen LogP contribution in [0.25, 0.3) is 0 Å². The lowest BCUT2D eigenvalue weighted by molar-refractivity contribution is 0.494. The van der Waals surface area contributed by atoms with Crippen LogP contribution < -0.4 is 4.90 Å². The van der Waals surface area contributed by atoms with E-state index in [1.807, 2.05) is 13.0 Å². The Labute approximate surface area is 97.5 Å². The monoisotopic (exact) mass is 214 g/mol. The fourth-order valence-electron chi connectivity index (χ4n) is 2.31. The molecule has 2 atom stereocenters. The van der Waals surface area contributed by atoms with E-state index < -0.39 is 0 Å². The van der Waals surface area contributed by atoms with E-state index in [4.69, 9.17) is 5.26 Å². The molecule has 2 heteroatoms. The lowest BCUT2D eigenvalue weighted by Gasteiger charge is -2.19. The van der Waals surface area contributed by atoms with Gasteiger partial charge in [0.15, 0.2) is 0 Å². The molecule has 2 rings (SSSR count). The lowest BCUT2D eigenvalue weighted by Crippen LogP contribution is -2.19. The van der Waals surface area contributed by atoms with Crippen molar-refractivity contribution in [3.8, 4) is 6.07 Å². The van der Waals surface area contributed by atoms with Gasteiger partial charge in [-0.25, -0.2) is 0 Å². The minimum atomic E-state index is 0.760. The minimum absolute atomic E-state index is 0.760. The van der Waals surface area contributed by atoms with Crippen LogP contribution in [-0.4, -0.2) is 13.1 Å². The fourth-order valence-corrected chi connectivity index (χ4v) is 2.31. The van der Waals surface area contributed by atoms with Crippen molar-refractivity contribution in [1.29, 1.82) is 5.26 Å². The molecule has 0 amide bonds. The van der Waals surface area contributed by atoms with Gasteiger partial charge in [-0.1, -0.05) is 13.8 Å². The molecule has 84 valence electrons.